The van der Waals surface area contributed by atoms with Crippen molar-refractivity contribution in [1.29, 1.82) is 0 Å². The minimum atomic E-state index is -1.46. The van der Waals surface area contributed by atoms with Gasteiger partial charge in [0.1, 0.15) is 17.2 Å². The highest BCUT2D eigenvalue weighted by molar-refractivity contribution is 5.78. The Bertz CT molecular complexity index is 1330. The van der Waals surface area contributed by atoms with E-state index in [1.54, 1.807) is 0 Å². The van der Waals surface area contributed by atoms with E-state index in [2.05, 4.69) is 29.2 Å². The highest BCUT2D eigenvalue weighted by Gasteiger charge is 2.44. The Hall–Kier alpha value is -3.96. The first-order valence-electron chi connectivity index (χ1n) is 13.9. The van der Waals surface area contributed by atoms with Gasteiger partial charge in [-0.1, -0.05) is 91.0 Å². The maximum Gasteiger partial charge on any atom is 0.313 e. The van der Waals surface area contributed by atoms with E-state index < -0.39 is 11.1 Å². The molecule has 4 aromatic carbocycles. The molecule has 0 unspecified atom stereocenters. The van der Waals surface area contributed by atoms with Gasteiger partial charge in [0, 0.05) is 19.6 Å². The number of piperidine rings is 1. The molecule has 0 N–H and O–H groups in total. The molecule has 1 saturated heterocycles. The first kappa shape index (κ1) is 27.6. The number of para-hydroxylation sites is 1. The summed E-state index contributed by atoms with van der Waals surface area (Å²) in [6.45, 7) is 1.59. The van der Waals surface area contributed by atoms with E-state index in [9.17, 15) is 4.79 Å². The number of hydrogen-bond donors (Lipinski definition) is 0. The number of benzene rings is 4. The zero-order valence-corrected chi connectivity index (χ0v) is 23.0. The van der Waals surface area contributed by atoms with Crippen LogP contribution >= 0.6 is 0 Å². The number of nitrogens with zero attached hydrogens (tertiary/aromatic N) is 1. The predicted molar refractivity (Wildman–Crippen MR) is 156 cm³/mol. The van der Waals surface area contributed by atoms with Crippen molar-refractivity contribution in [3.8, 4) is 11.5 Å². The van der Waals surface area contributed by atoms with Crippen LogP contribution in [-0.2, 0) is 28.0 Å². The average Bonchev–Trinajstić information content (AvgIpc) is 2.99. The predicted octanol–water partition coefficient (Wildman–Crippen LogP) is 7.38. The molecule has 206 valence electrons. The van der Waals surface area contributed by atoms with Gasteiger partial charge in [-0.25, -0.2) is 4.39 Å². The number of hydrogen-bond acceptors (Lipinski definition) is 4. The number of esters is 1. The third-order valence-electron chi connectivity index (χ3n) is 7.89. The van der Waals surface area contributed by atoms with Crippen molar-refractivity contribution in [2.24, 2.45) is 5.41 Å². The largest absolute Gasteiger partial charge is 0.469 e. The molecule has 1 fully saturated rings. The number of carbonyl (C=O) groups excluding carboxylic acids is 1. The van der Waals surface area contributed by atoms with Gasteiger partial charge < -0.3 is 14.4 Å². The maximum absolute atomic E-state index is 16.4. The number of carbonyl (C=O) groups is 1. The van der Waals surface area contributed by atoms with Gasteiger partial charge in [0.15, 0.2) is 0 Å². The van der Waals surface area contributed by atoms with Crippen molar-refractivity contribution < 1.29 is 18.7 Å². The summed E-state index contributed by atoms with van der Waals surface area (Å²) in [6, 6.07) is 37.0. The van der Waals surface area contributed by atoms with E-state index in [1.807, 2.05) is 91.0 Å². The van der Waals surface area contributed by atoms with Crippen molar-refractivity contribution in [3.63, 3.8) is 0 Å². The molecule has 1 aliphatic rings. The van der Waals surface area contributed by atoms with Crippen LogP contribution in [-0.4, -0.2) is 37.6 Å². The third kappa shape index (κ3) is 6.60. The monoisotopic (exact) mass is 537 g/mol. The molecule has 0 aliphatic carbocycles. The van der Waals surface area contributed by atoms with Crippen LogP contribution in [0.4, 0.5) is 4.39 Å². The molecule has 1 heterocycles. The molecule has 0 radical (unpaired) electrons. The van der Waals surface area contributed by atoms with Gasteiger partial charge in [0.05, 0.1) is 12.5 Å². The fourth-order valence-corrected chi connectivity index (χ4v) is 5.82. The highest BCUT2D eigenvalue weighted by atomic mass is 19.1. The molecule has 0 aromatic heterocycles. The van der Waals surface area contributed by atoms with Crippen molar-refractivity contribution in [3.05, 3.63) is 132 Å². The minimum Gasteiger partial charge on any atom is -0.469 e. The fraction of sp³-hybridized carbons (Fsp3) is 0.286. The lowest BCUT2D eigenvalue weighted by Crippen LogP contribution is -2.50. The van der Waals surface area contributed by atoms with Crippen molar-refractivity contribution in [1.82, 2.24) is 4.90 Å². The number of alkyl halides is 1. The first-order valence-corrected chi connectivity index (χ1v) is 13.9. The van der Waals surface area contributed by atoms with E-state index >= 15 is 4.39 Å². The molecule has 0 saturated carbocycles. The topological polar surface area (TPSA) is 38.8 Å². The summed E-state index contributed by atoms with van der Waals surface area (Å²) in [7, 11) is 1.46. The van der Waals surface area contributed by atoms with E-state index in [1.165, 1.54) is 7.11 Å². The number of likely N-dealkylation sites (tertiary alicyclic amines) is 1. The van der Waals surface area contributed by atoms with Crippen LogP contribution in [0, 0.1) is 5.41 Å². The van der Waals surface area contributed by atoms with E-state index in [0.717, 1.165) is 16.9 Å². The molecule has 4 nitrogen and oxygen atoms in total. The number of halogens is 1. The molecule has 1 aliphatic heterocycles. The van der Waals surface area contributed by atoms with Crippen LogP contribution < -0.4 is 4.74 Å². The van der Waals surface area contributed by atoms with Gasteiger partial charge in [-0.3, -0.25) is 4.79 Å². The highest BCUT2D eigenvalue weighted by Crippen LogP contribution is 2.40. The summed E-state index contributed by atoms with van der Waals surface area (Å²) in [5.74, 6) is 1.11. The smallest absolute Gasteiger partial charge is 0.313 e. The molecule has 40 heavy (non-hydrogen) atoms. The lowest BCUT2D eigenvalue weighted by atomic mass is 9.75. The number of ether oxygens (including phenoxy) is 2. The zero-order chi connectivity index (χ0) is 27.8. The van der Waals surface area contributed by atoms with Gasteiger partial charge in [-0.05, 0) is 66.6 Å². The van der Waals surface area contributed by atoms with Crippen LogP contribution in [0.5, 0.6) is 11.5 Å². The first-order chi connectivity index (χ1) is 19.5. The molecule has 0 atom stereocenters. The quantitative estimate of drug-likeness (QED) is 0.198. The molecule has 0 bridgehead atoms. The normalized spacial score (nSPS) is 15.3. The van der Waals surface area contributed by atoms with Gasteiger partial charge >= 0.3 is 5.97 Å². The Morgan fingerprint density at radius 3 is 1.85 bits per heavy atom. The van der Waals surface area contributed by atoms with Crippen molar-refractivity contribution in [2.45, 2.75) is 31.4 Å². The molecular formula is C35H36FNO3. The second kappa shape index (κ2) is 12.5. The zero-order valence-electron chi connectivity index (χ0n) is 23.0. The van der Waals surface area contributed by atoms with E-state index in [0.29, 0.717) is 56.6 Å². The van der Waals surface area contributed by atoms with E-state index in [4.69, 9.17) is 9.47 Å². The lowest BCUT2D eigenvalue weighted by Gasteiger charge is -2.41. The molecule has 0 amide bonds. The van der Waals surface area contributed by atoms with Crippen molar-refractivity contribution in [2.75, 3.05) is 26.7 Å². The second-order valence-corrected chi connectivity index (χ2v) is 10.8. The molecular weight excluding hydrogens is 501 g/mol. The maximum atomic E-state index is 16.4. The SMILES string of the molecule is COC(=O)C(Cc1ccccc1)(Cc1ccccc1)CN1CCC(F)(c2cccc(Oc3ccccc3)c2)CC1. The Morgan fingerprint density at radius 2 is 1.30 bits per heavy atom. The fourth-order valence-electron chi connectivity index (χ4n) is 5.82. The van der Waals surface area contributed by atoms with Gasteiger partial charge in [0.2, 0.25) is 0 Å². The summed E-state index contributed by atoms with van der Waals surface area (Å²) in [5.41, 5.74) is 0.538. The molecule has 0 spiro atoms. The number of rotatable bonds is 10. The van der Waals surface area contributed by atoms with Gasteiger partial charge in [-0.15, -0.1) is 0 Å². The average molecular weight is 538 g/mol. The summed E-state index contributed by atoms with van der Waals surface area (Å²) in [4.78, 5) is 15.7. The number of methoxy groups -OCH3 is 1. The Morgan fingerprint density at radius 1 is 0.775 bits per heavy atom. The van der Waals surface area contributed by atoms with Crippen LogP contribution in [0.2, 0.25) is 0 Å². The van der Waals surface area contributed by atoms with Crippen LogP contribution in [0.3, 0.4) is 0 Å². The van der Waals surface area contributed by atoms with Crippen LogP contribution in [0.1, 0.15) is 29.5 Å². The summed E-state index contributed by atoms with van der Waals surface area (Å²) in [5, 5.41) is 0. The summed E-state index contributed by atoms with van der Waals surface area (Å²) in [6.07, 6.45) is 1.78. The Balaban J connectivity index is 1.34. The molecule has 5 heteroatoms. The standard InChI is InChI=1S/C35H36FNO3/c1-39-33(38)34(25-28-12-5-2-6-13-28,26-29-14-7-3-8-15-29)27-37-22-20-35(36,21-23-37)30-16-11-19-32(24-30)40-31-17-9-4-10-18-31/h2-19,24H,20-23,25-27H2,1H3. The minimum absolute atomic E-state index is 0.233. The summed E-state index contributed by atoms with van der Waals surface area (Å²) < 4.78 is 27.8. The van der Waals surface area contributed by atoms with Gasteiger partial charge in [-0.2, -0.15) is 0 Å². The summed E-state index contributed by atoms with van der Waals surface area (Å²) >= 11 is 0. The van der Waals surface area contributed by atoms with Crippen LogP contribution in [0.15, 0.2) is 115 Å². The lowest BCUT2D eigenvalue weighted by molar-refractivity contribution is -0.154. The van der Waals surface area contributed by atoms with Crippen molar-refractivity contribution >= 4 is 5.97 Å². The van der Waals surface area contributed by atoms with Gasteiger partial charge in [0.25, 0.3) is 0 Å². The molecule has 5 rings (SSSR count). The molecule has 4 aromatic rings. The second-order valence-electron chi connectivity index (χ2n) is 10.8. The third-order valence-corrected chi connectivity index (χ3v) is 7.89. The van der Waals surface area contributed by atoms with E-state index in [-0.39, 0.29) is 5.97 Å². The van der Waals surface area contributed by atoms with Crippen LogP contribution in [0.25, 0.3) is 0 Å². The Kier molecular flexibility index (Phi) is 8.61. The Labute approximate surface area is 236 Å².